The molecule has 2 aromatic rings. The molecule has 1 heterocycles. The van der Waals surface area contributed by atoms with Crippen LogP contribution >= 0.6 is 0 Å². The summed E-state index contributed by atoms with van der Waals surface area (Å²) in [5.74, 6) is -1.05. The Morgan fingerprint density at radius 1 is 1.33 bits per heavy atom. The van der Waals surface area contributed by atoms with Crippen molar-refractivity contribution in [3.05, 3.63) is 23.5 Å². The van der Waals surface area contributed by atoms with Gasteiger partial charge in [-0.3, -0.25) is 0 Å². The quantitative estimate of drug-likeness (QED) is 0.828. The summed E-state index contributed by atoms with van der Waals surface area (Å²) in [5, 5.41) is 10.0. The normalized spacial score (nSPS) is 16.3. The molecule has 0 spiro atoms. The molecule has 3 rings (SSSR count). The highest BCUT2D eigenvalue weighted by Crippen LogP contribution is 2.24. The van der Waals surface area contributed by atoms with E-state index in [2.05, 4.69) is 15.4 Å². The molecule has 0 amide bonds. The van der Waals surface area contributed by atoms with Gasteiger partial charge < -0.3 is 4.74 Å². The fourth-order valence-corrected chi connectivity index (χ4v) is 2.29. The number of hydrogen-bond acceptors (Lipinski definition) is 4. The van der Waals surface area contributed by atoms with Crippen molar-refractivity contribution in [1.29, 1.82) is 0 Å². The third-order valence-electron chi connectivity index (χ3n) is 3.18. The number of nitrogens with zero attached hydrogens (tertiary/aromatic N) is 2. The number of aromatic amines is 1. The molecule has 0 saturated heterocycles. The maximum Gasteiger partial charge on any atom is 0.340 e. The van der Waals surface area contributed by atoms with Gasteiger partial charge in [0.15, 0.2) is 0 Å². The lowest BCUT2D eigenvalue weighted by Gasteiger charge is -2.11. The molecule has 0 radical (unpaired) electrons. The Hall–Kier alpha value is -1.98. The number of hydrogen-bond donors (Lipinski definition) is 1. The second-order valence-corrected chi connectivity index (χ2v) is 4.46. The summed E-state index contributed by atoms with van der Waals surface area (Å²) < 4.78 is 18.7. The monoisotopic (exact) mass is 249 g/mol. The van der Waals surface area contributed by atoms with Gasteiger partial charge in [-0.1, -0.05) is 0 Å². The molecule has 94 valence electrons. The molecule has 0 atom stereocenters. The Bertz CT molecular complexity index is 590. The molecule has 1 saturated carbocycles. The minimum absolute atomic E-state index is 0.0530. The van der Waals surface area contributed by atoms with Crippen LogP contribution in [0.2, 0.25) is 0 Å². The van der Waals surface area contributed by atoms with Crippen molar-refractivity contribution in [2.75, 3.05) is 0 Å². The number of nitrogens with one attached hydrogen (secondary N) is 1. The number of carbonyl (C=O) groups excluding carboxylic acids is 1. The summed E-state index contributed by atoms with van der Waals surface area (Å²) in [7, 11) is 0. The summed E-state index contributed by atoms with van der Waals surface area (Å²) in [6.07, 6.45) is 3.84. The summed E-state index contributed by atoms with van der Waals surface area (Å²) in [6.45, 7) is 0. The van der Waals surface area contributed by atoms with Crippen LogP contribution in [0.1, 0.15) is 36.0 Å². The molecule has 6 heteroatoms. The summed E-state index contributed by atoms with van der Waals surface area (Å²) >= 11 is 0. The van der Waals surface area contributed by atoms with Crippen molar-refractivity contribution in [3.8, 4) is 0 Å². The number of benzene rings is 1. The van der Waals surface area contributed by atoms with Crippen LogP contribution in [-0.4, -0.2) is 27.5 Å². The van der Waals surface area contributed by atoms with Crippen LogP contribution < -0.4 is 0 Å². The van der Waals surface area contributed by atoms with E-state index in [1.54, 1.807) is 0 Å². The lowest BCUT2D eigenvalue weighted by molar-refractivity contribution is 0.0319. The molecule has 1 aliphatic carbocycles. The van der Waals surface area contributed by atoms with Gasteiger partial charge in [-0.05, 0) is 31.7 Å². The first-order valence-corrected chi connectivity index (χ1v) is 5.95. The molecule has 1 fully saturated rings. The standard InChI is InChI=1S/C12H12FN3O2/c13-7-5-9(11-10(6-7)14-16-15-11)12(17)18-8-3-1-2-4-8/h5-6,8H,1-4H2,(H,14,15,16). The van der Waals surface area contributed by atoms with Crippen LogP contribution in [0.5, 0.6) is 0 Å². The van der Waals surface area contributed by atoms with Crippen LogP contribution in [0.25, 0.3) is 11.0 Å². The Labute approximate surface area is 102 Å². The largest absolute Gasteiger partial charge is 0.459 e. The second kappa shape index (κ2) is 4.36. The smallest absolute Gasteiger partial charge is 0.340 e. The van der Waals surface area contributed by atoms with Gasteiger partial charge in [-0.2, -0.15) is 15.4 Å². The zero-order valence-electron chi connectivity index (χ0n) is 9.65. The summed E-state index contributed by atoms with van der Waals surface area (Å²) in [4.78, 5) is 12.0. The van der Waals surface area contributed by atoms with Crippen LogP contribution in [-0.2, 0) is 4.74 Å². The maximum absolute atomic E-state index is 13.4. The predicted octanol–water partition coefficient (Wildman–Crippen LogP) is 2.20. The third-order valence-corrected chi connectivity index (χ3v) is 3.18. The first kappa shape index (κ1) is 11.1. The zero-order chi connectivity index (χ0) is 12.5. The number of H-pyrrole nitrogens is 1. The Morgan fingerprint density at radius 2 is 2.11 bits per heavy atom. The van der Waals surface area contributed by atoms with E-state index in [-0.39, 0.29) is 11.7 Å². The predicted molar refractivity (Wildman–Crippen MR) is 61.5 cm³/mol. The van der Waals surface area contributed by atoms with Gasteiger partial charge in [0.2, 0.25) is 0 Å². The Balaban J connectivity index is 1.92. The molecule has 5 nitrogen and oxygen atoms in total. The van der Waals surface area contributed by atoms with Crippen molar-refractivity contribution in [2.24, 2.45) is 0 Å². The lowest BCUT2D eigenvalue weighted by Crippen LogP contribution is -2.15. The van der Waals surface area contributed by atoms with Gasteiger partial charge in [0, 0.05) is 6.07 Å². The molecule has 18 heavy (non-hydrogen) atoms. The topological polar surface area (TPSA) is 67.9 Å². The minimum Gasteiger partial charge on any atom is -0.459 e. The summed E-state index contributed by atoms with van der Waals surface area (Å²) in [6, 6.07) is 2.37. The summed E-state index contributed by atoms with van der Waals surface area (Å²) in [5.41, 5.74) is 0.804. The first-order chi connectivity index (χ1) is 8.74. The van der Waals surface area contributed by atoms with Gasteiger partial charge in [-0.15, -0.1) is 0 Å². The van der Waals surface area contributed by atoms with Gasteiger partial charge in [0.05, 0.1) is 5.56 Å². The number of rotatable bonds is 2. The number of esters is 1. The van der Waals surface area contributed by atoms with Crippen molar-refractivity contribution in [2.45, 2.75) is 31.8 Å². The van der Waals surface area contributed by atoms with Crippen molar-refractivity contribution in [3.63, 3.8) is 0 Å². The molecule has 0 unspecified atom stereocenters. The molecular formula is C12H12FN3O2. The molecule has 0 bridgehead atoms. The van der Waals surface area contributed by atoms with Gasteiger partial charge in [0.1, 0.15) is 23.0 Å². The Kier molecular flexibility index (Phi) is 2.70. The van der Waals surface area contributed by atoms with Gasteiger partial charge >= 0.3 is 5.97 Å². The lowest BCUT2D eigenvalue weighted by atomic mass is 10.1. The second-order valence-electron chi connectivity index (χ2n) is 4.46. The average Bonchev–Trinajstić information content (AvgIpc) is 2.97. The first-order valence-electron chi connectivity index (χ1n) is 5.95. The highest BCUT2D eigenvalue weighted by Gasteiger charge is 2.22. The fraction of sp³-hybridized carbons (Fsp3) is 0.417. The number of aromatic nitrogens is 3. The molecule has 1 N–H and O–H groups in total. The molecule has 1 aromatic carbocycles. The van der Waals surface area contributed by atoms with E-state index in [0.717, 1.165) is 31.7 Å². The Morgan fingerprint density at radius 3 is 2.89 bits per heavy atom. The molecule has 1 aromatic heterocycles. The number of fused-ring (bicyclic) bond motifs is 1. The van der Waals surface area contributed by atoms with Gasteiger partial charge in [0.25, 0.3) is 0 Å². The maximum atomic E-state index is 13.4. The van der Waals surface area contributed by atoms with E-state index in [1.807, 2.05) is 0 Å². The van der Waals surface area contributed by atoms with Crippen LogP contribution in [0.3, 0.4) is 0 Å². The highest BCUT2D eigenvalue weighted by atomic mass is 19.1. The van der Waals surface area contributed by atoms with Crippen LogP contribution in [0.4, 0.5) is 4.39 Å². The van der Waals surface area contributed by atoms with Gasteiger partial charge in [-0.25, -0.2) is 9.18 Å². The van der Waals surface area contributed by atoms with Crippen molar-refractivity contribution >= 4 is 17.0 Å². The van der Waals surface area contributed by atoms with E-state index in [4.69, 9.17) is 4.74 Å². The fourth-order valence-electron chi connectivity index (χ4n) is 2.29. The van der Waals surface area contributed by atoms with Crippen molar-refractivity contribution < 1.29 is 13.9 Å². The third kappa shape index (κ3) is 1.94. The molecule has 0 aliphatic heterocycles. The average molecular weight is 249 g/mol. The molecule has 1 aliphatic rings. The van der Waals surface area contributed by atoms with E-state index in [0.29, 0.717) is 11.0 Å². The van der Waals surface area contributed by atoms with Crippen LogP contribution in [0.15, 0.2) is 12.1 Å². The van der Waals surface area contributed by atoms with E-state index in [9.17, 15) is 9.18 Å². The van der Waals surface area contributed by atoms with E-state index >= 15 is 0 Å². The number of halogens is 1. The zero-order valence-corrected chi connectivity index (χ0v) is 9.65. The van der Waals surface area contributed by atoms with Crippen LogP contribution in [0, 0.1) is 5.82 Å². The minimum atomic E-state index is -0.527. The van der Waals surface area contributed by atoms with E-state index < -0.39 is 11.8 Å². The molecular weight excluding hydrogens is 237 g/mol. The number of carbonyl (C=O) groups is 1. The SMILES string of the molecule is O=C(OC1CCCC1)c1cc(F)cc2n[nH]nc12. The number of ether oxygens (including phenoxy) is 1. The van der Waals surface area contributed by atoms with E-state index in [1.165, 1.54) is 6.07 Å². The highest BCUT2D eigenvalue weighted by molar-refractivity contribution is 6.01. The van der Waals surface area contributed by atoms with Crippen molar-refractivity contribution in [1.82, 2.24) is 15.4 Å².